The highest BCUT2D eigenvalue weighted by atomic mass is 32.2. The van der Waals surface area contributed by atoms with Crippen molar-refractivity contribution in [2.45, 2.75) is 46.2 Å². The first kappa shape index (κ1) is 35.7. The van der Waals surface area contributed by atoms with Crippen molar-refractivity contribution >= 4 is 49.0 Å². The average molecular weight is 747 g/mol. The van der Waals surface area contributed by atoms with Crippen molar-refractivity contribution in [2.24, 2.45) is 0 Å². The van der Waals surface area contributed by atoms with E-state index in [1.165, 1.54) is 0 Å². The van der Waals surface area contributed by atoms with E-state index in [1.807, 2.05) is 41.8 Å². The van der Waals surface area contributed by atoms with E-state index in [2.05, 4.69) is 74.6 Å². The lowest BCUT2D eigenvalue weighted by Crippen LogP contribution is -2.49. The van der Waals surface area contributed by atoms with Gasteiger partial charge in [0.05, 0.1) is 35.8 Å². The summed E-state index contributed by atoms with van der Waals surface area (Å²) in [6, 6.07) is 28.9. The third kappa shape index (κ3) is 6.68. The SMILES string of the molecule is CCS(=O)(=O)N1CCN(c2ccc(N3CCCn4c(C(=O)O)c(CCCOc5cccc6ccccc56)c5cccc(c54)-c4c(C)n[nH]c4C3)cc2)CC1. The van der Waals surface area contributed by atoms with Crippen molar-refractivity contribution in [2.75, 3.05) is 54.9 Å². The number of para-hydroxylation sites is 1. The van der Waals surface area contributed by atoms with Crippen molar-refractivity contribution in [3.05, 3.63) is 108 Å². The van der Waals surface area contributed by atoms with Gasteiger partial charge in [-0.1, -0.05) is 54.6 Å². The Bertz CT molecular complexity index is 2420. The lowest BCUT2D eigenvalue weighted by atomic mass is 9.98. The number of aryl methyl sites for hydroxylation is 3. The molecule has 54 heavy (non-hydrogen) atoms. The quantitative estimate of drug-likeness (QED) is 0.143. The van der Waals surface area contributed by atoms with Crippen LogP contribution in [0.2, 0.25) is 0 Å². The first-order valence-corrected chi connectivity index (χ1v) is 20.4. The normalized spacial score (nSPS) is 15.4. The van der Waals surface area contributed by atoms with Gasteiger partial charge in [0.25, 0.3) is 0 Å². The molecule has 0 spiro atoms. The fourth-order valence-electron chi connectivity index (χ4n) is 8.30. The maximum Gasteiger partial charge on any atom is 0.352 e. The van der Waals surface area contributed by atoms with Gasteiger partial charge in [0.15, 0.2) is 0 Å². The molecule has 2 aliphatic rings. The molecule has 1 fully saturated rings. The number of nitrogens with zero attached hydrogens (tertiary/aromatic N) is 5. The molecule has 0 saturated carbocycles. The lowest BCUT2D eigenvalue weighted by molar-refractivity contribution is 0.0684. The molecular weight excluding hydrogens is 701 g/mol. The topological polar surface area (TPSA) is 124 Å². The largest absolute Gasteiger partial charge is 0.493 e. The van der Waals surface area contributed by atoms with Gasteiger partial charge in [-0.2, -0.15) is 9.40 Å². The van der Waals surface area contributed by atoms with E-state index in [-0.39, 0.29) is 5.75 Å². The summed E-state index contributed by atoms with van der Waals surface area (Å²) in [5.41, 5.74) is 8.08. The third-order valence-electron chi connectivity index (χ3n) is 11.0. The van der Waals surface area contributed by atoms with Crippen LogP contribution in [0, 0.1) is 6.92 Å². The number of H-pyrrole nitrogens is 1. The molecule has 1 saturated heterocycles. The first-order chi connectivity index (χ1) is 26.2. The summed E-state index contributed by atoms with van der Waals surface area (Å²) in [5.74, 6) is 0.0284. The minimum Gasteiger partial charge on any atom is -0.493 e. The molecular formula is C42H46N6O5S. The Morgan fingerprint density at radius 2 is 1.56 bits per heavy atom. The van der Waals surface area contributed by atoms with Gasteiger partial charge in [-0.15, -0.1) is 0 Å². The molecule has 0 atom stereocenters. The maximum atomic E-state index is 13.1. The van der Waals surface area contributed by atoms with Gasteiger partial charge in [-0.3, -0.25) is 5.10 Å². The minimum atomic E-state index is -3.19. The zero-order valence-corrected chi connectivity index (χ0v) is 31.6. The second kappa shape index (κ2) is 14.8. The van der Waals surface area contributed by atoms with Crippen LogP contribution in [0.15, 0.2) is 84.9 Å². The van der Waals surface area contributed by atoms with Crippen LogP contribution in [0.5, 0.6) is 5.75 Å². The van der Waals surface area contributed by atoms with E-state index in [0.29, 0.717) is 71.0 Å². The second-order valence-corrected chi connectivity index (χ2v) is 16.4. The molecule has 0 amide bonds. The molecule has 280 valence electrons. The van der Waals surface area contributed by atoms with Gasteiger partial charge in [0, 0.05) is 72.5 Å². The Hall–Kier alpha value is -5.33. The number of sulfonamides is 1. The van der Waals surface area contributed by atoms with Crippen LogP contribution in [-0.2, 0) is 29.5 Å². The standard InChI is InChI=1S/C42H46N6O5S/c1-3-54(51,52)47-25-23-45(24-26-47)31-17-19-32(20-18-31)46-21-9-22-48-40-34(13-7-14-36(40)39-29(2)43-44-37(39)28-46)35(41(48)42(49)50)15-8-27-53-38-16-6-11-30-10-4-5-12-33(30)38/h4-7,10-14,16-20H,3,8-9,15,21-28H2,1-2H3,(H,43,44)(H,49,50). The summed E-state index contributed by atoms with van der Waals surface area (Å²) in [6.07, 6.45) is 1.97. The number of aromatic amines is 1. The van der Waals surface area contributed by atoms with E-state index in [0.717, 1.165) is 73.3 Å². The number of benzene rings is 4. The van der Waals surface area contributed by atoms with E-state index in [1.54, 1.807) is 11.2 Å². The third-order valence-corrected chi connectivity index (χ3v) is 12.9. The molecule has 12 heteroatoms. The molecule has 0 unspecified atom stereocenters. The van der Waals surface area contributed by atoms with Gasteiger partial charge in [0.1, 0.15) is 11.4 Å². The van der Waals surface area contributed by atoms with E-state index in [9.17, 15) is 18.3 Å². The number of piperazine rings is 1. The molecule has 0 radical (unpaired) electrons. The molecule has 2 aromatic heterocycles. The fourth-order valence-corrected chi connectivity index (χ4v) is 9.39. The van der Waals surface area contributed by atoms with Crippen molar-refractivity contribution in [3.63, 3.8) is 0 Å². The zero-order valence-electron chi connectivity index (χ0n) is 30.8. The predicted octanol–water partition coefficient (Wildman–Crippen LogP) is 7.08. The lowest BCUT2D eigenvalue weighted by Gasteiger charge is -2.35. The number of hydrogen-bond donors (Lipinski definition) is 2. The Labute approximate surface area is 315 Å². The fraction of sp³-hybridized carbons (Fsp3) is 0.333. The summed E-state index contributed by atoms with van der Waals surface area (Å²) < 4.78 is 34.6. The van der Waals surface area contributed by atoms with Gasteiger partial charge in [-0.25, -0.2) is 13.2 Å². The second-order valence-electron chi connectivity index (χ2n) is 14.2. The number of rotatable bonds is 10. The Kier molecular flexibility index (Phi) is 9.80. The minimum absolute atomic E-state index is 0.122. The predicted molar refractivity (Wildman–Crippen MR) is 214 cm³/mol. The smallest absolute Gasteiger partial charge is 0.352 e. The Morgan fingerprint density at radius 1 is 0.852 bits per heavy atom. The highest BCUT2D eigenvalue weighted by Crippen LogP contribution is 2.39. The number of carbonyl (C=O) groups is 1. The number of carboxylic acids is 1. The maximum absolute atomic E-state index is 13.1. The molecule has 4 aromatic carbocycles. The van der Waals surface area contributed by atoms with Crippen LogP contribution in [0.4, 0.5) is 11.4 Å². The first-order valence-electron chi connectivity index (χ1n) is 18.8. The molecule has 2 N–H and O–H groups in total. The highest BCUT2D eigenvalue weighted by Gasteiger charge is 2.29. The number of aromatic carboxylic acids is 1. The number of fused-ring (bicyclic) bond motifs is 3. The number of ether oxygens (including phenoxy) is 1. The van der Waals surface area contributed by atoms with Crippen LogP contribution in [-0.4, -0.2) is 83.6 Å². The molecule has 6 aromatic rings. The molecule has 2 aliphatic heterocycles. The van der Waals surface area contributed by atoms with Gasteiger partial charge < -0.3 is 24.2 Å². The van der Waals surface area contributed by atoms with Crippen LogP contribution >= 0.6 is 0 Å². The van der Waals surface area contributed by atoms with Crippen LogP contribution in [0.25, 0.3) is 32.8 Å². The molecule has 4 heterocycles. The van der Waals surface area contributed by atoms with E-state index >= 15 is 0 Å². The summed E-state index contributed by atoms with van der Waals surface area (Å²) in [4.78, 5) is 17.7. The van der Waals surface area contributed by atoms with E-state index < -0.39 is 16.0 Å². The molecule has 0 aliphatic carbocycles. The van der Waals surface area contributed by atoms with Crippen LogP contribution in [0.1, 0.15) is 47.2 Å². The summed E-state index contributed by atoms with van der Waals surface area (Å²) >= 11 is 0. The monoisotopic (exact) mass is 746 g/mol. The van der Waals surface area contributed by atoms with Crippen LogP contribution < -0.4 is 14.5 Å². The zero-order chi connectivity index (χ0) is 37.4. The highest BCUT2D eigenvalue weighted by molar-refractivity contribution is 7.89. The van der Waals surface area contributed by atoms with Gasteiger partial charge >= 0.3 is 5.97 Å². The van der Waals surface area contributed by atoms with Crippen molar-refractivity contribution in [3.8, 4) is 16.9 Å². The summed E-state index contributed by atoms with van der Waals surface area (Å²) in [6.45, 7) is 8.30. The van der Waals surface area contributed by atoms with Crippen LogP contribution in [0.3, 0.4) is 0 Å². The number of anilines is 2. The van der Waals surface area contributed by atoms with E-state index in [4.69, 9.17) is 4.74 Å². The summed E-state index contributed by atoms with van der Waals surface area (Å²) in [5, 5.41) is 21.9. The number of nitrogens with one attached hydrogen (secondary N) is 1. The van der Waals surface area contributed by atoms with Crippen molar-refractivity contribution in [1.82, 2.24) is 19.1 Å². The summed E-state index contributed by atoms with van der Waals surface area (Å²) in [7, 11) is -3.19. The molecule has 11 nitrogen and oxygen atoms in total. The average Bonchev–Trinajstić information content (AvgIpc) is 3.72. The molecule has 0 bridgehead atoms. The van der Waals surface area contributed by atoms with Gasteiger partial charge in [0.2, 0.25) is 10.0 Å². The van der Waals surface area contributed by atoms with Gasteiger partial charge in [-0.05, 0) is 74.4 Å². The van der Waals surface area contributed by atoms with Crippen molar-refractivity contribution < 1.29 is 23.1 Å². The number of carboxylic acid groups (broad SMARTS) is 1. The molecule has 8 rings (SSSR count). The number of aromatic nitrogens is 3. The Morgan fingerprint density at radius 3 is 2.31 bits per heavy atom. The van der Waals surface area contributed by atoms with Crippen molar-refractivity contribution in [1.29, 1.82) is 0 Å². The Balaban J connectivity index is 1.06. The number of hydrogen-bond acceptors (Lipinski definition) is 7.